The van der Waals surface area contributed by atoms with E-state index in [1.165, 1.54) is 0 Å². The van der Waals surface area contributed by atoms with Crippen LogP contribution >= 0.6 is 27.5 Å². The third-order valence-electron chi connectivity index (χ3n) is 2.30. The predicted molar refractivity (Wildman–Crippen MR) is 68.7 cm³/mol. The number of hydrogen-bond acceptors (Lipinski definition) is 3. The Labute approximate surface area is 110 Å². The number of anilines is 1. The number of aromatic nitrogens is 1. The van der Waals surface area contributed by atoms with E-state index in [1.54, 1.807) is 19.2 Å². The minimum atomic E-state index is -0.534. The molecule has 1 aromatic heterocycles. The van der Waals surface area contributed by atoms with Gasteiger partial charge in [0, 0.05) is 12.4 Å². The van der Waals surface area contributed by atoms with Crippen molar-refractivity contribution in [3.63, 3.8) is 0 Å². The van der Waals surface area contributed by atoms with Crippen LogP contribution in [0.5, 0.6) is 0 Å². The summed E-state index contributed by atoms with van der Waals surface area (Å²) in [5.74, 6) is -0.193. The van der Waals surface area contributed by atoms with Gasteiger partial charge in [-0.3, -0.25) is 0 Å². The van der Waals surface area contributed by atoms with Gasteiger partial charge in [-0.2, -0.15) is 5.26 Å². The van der Waals surface area contributed by atoms with Crippen LogP contribution in [-0.4, -0.2) is 12.0 Å². The highest BCUT2D eigenvalue weighted by Gasteiger charge is 2.14. The van der Waals surface area contributed by atoms with Gasteiger partial charge >= 0.3 is 0 Å². The largest absolute Gasteiger partial charge is 0.372 e. The normalized spacial score (nSPS) is 10.3. The second-order valence-corrected chi connectivity index (χ2v) is 4.50. The zero-order chi connectivity index (χ0) is 12.6. The Hall–Kier alpha value is -1.38. The summed E-state index contributed by atoms with van der Waals surface area (Å²) in [6.45, 7) is 0. The minimum absolute atomic E-state index is 0.171. The number of nitrogens with zero attached hydrogens (tertiary/aromatic N) is 2. The maximum Gasteiger partial charge on any atom is 0.165 e. The quantitative estimate of drug-likeness (QED) is 0.816. The average Bonchev–Trinajstić information content (AvgIpc) is 2.34. The summed E-state index contributed by atoms with van der Waals surface area (Å²) < 4.78 is 14.1. The third-order valence-corrected chi connectivity index (χ3v) is 3.60. The lowest BCUT2D eigenvalue weighted by molar-refractivity contribution is 0.630. The van der Waals surface area contributed by atoms with Crippen LogP contribution in [0.25, 0.3) is 10.9 Å². The number of benzene rings is 1. The monoisotopic (exact) mass is 313 g/mol. The first-order chi connectivity index (χ1) is 8.08. The molecule has 0 atom stereocenters. The second kappa shape index (κ2) is 4.47. The maximum absolute atomic E-state index is 13.9. The first kappa shape index (κ1) is 12.1. The first-order valence-electron chi connectivity index (χ1n) is 4.64. The zero-order valence-electron chi connectivity index (χ0n) is 8.68. The summed E-state index contributed by atoms with van der Waals surface area (Å²) in [6.07, 6.45) is 0. The van der Waals surface area contributed by atoms with Gasteiger partial charge in [0.25, 0.3) is 0 Å². The Kier molecular flexibility index (Phi) is 3.18. The molecule has 0 saturated carbocycles. The molecule has 0 aliphatic carbocycles. The number of nitriles is 1. The van der Waals surface area contributed by atoms with E-state index in [0.29, 0.717) is 16.8 Å². The number of nitrogens with one attached hydrogen (secondary N) is 1. The van der Waals surface area contributed by atoms with Gasteiger partial charge in [-0.1, -0.05) is 11.6 Å². The van der Waals surface area contributed by atoms with Crippen LogP contribution in [0, 0.1) is 17.1 Å². The Bertz CT molecular complexity index is 651. The summed E-state index contributed by atoms with van der Waals surface area (Å²) in [5.41, 5.74) is 0.516. The van der Waals surface area contributed by atoms with Crippen molar-refractivity contribution in [2.75, 3.05) is 12.4 Å². The number of halogens is 3. The third kappa shape index (κ3) is 1.94. The van der Waals surface area contributed by atoms with Crippen molar-refractivity contribution in [3.05, 3.63) is 33.0 Å². The molecule has 0 aliphatic rings. The molecule has 0 unspecified atom stereocenters. The van der Waals surface area contributed by atoms with Gasteiger partial charge in [0.05, 0.1) is 15.1 Å². The molecule has 0 spiro atoms. The number of fused-ring (bicyclic) bond motifs is 1. The average molecular weight is 315 g/mol. The van der Waals surface area contributed by atoms with E-state index in [-0.39, 0.29) is 15.0 Å². The van der Waals surface area contributed by atoms with Crippen molar-refractivity contribution < 1.29 is 4.39 Å². The highest BCUT2D eigenvalue weighted by atomic mass is 79.9. The van der Waals surface area contributed by atoms with E-state index in [1.807, 2.05) is 6.07 Å². The van der Waals surface area contributed by atoms with Crippen LogP contribution in [0.4, 0.5) is 10.2 Å². The van der Waals surface area contributed by atoms with Gasteiger partial charge < -0.3 is 5.32 Å². The summed E-state index contributed by atoms with van der Waals surface area (Å²) in [6, 6.07) is 5.11. The molecule has 0 aliphatic heterocycles. The van der Waals surface area contributed by atoms with Gasteiger partial charge in [0.2, 0.25) is 0 Å². The van der Waals surface area contributed by atoms with Crippen LogP contribution in [-0.2, 0) is 0 Å². The first-order valence-corrected chi connectivity index (χ1v) is 5.81. The van der Waals surface area contributed by atoms with Gasteiger partial charge in [-0.15, -0.1) is 0 Å². The fourth-order valence-corrected chi connectivity index (χ4v) is 2.00. The van der Waals surface area contributed by atoms with Crippen molar-refractivity contribution in [1.82, 2.24) is 4.98 Å². The zero-order valence-corrected chi connectivity index (χ0v) is 11.0. The highest BCUT2D eigenvalue weighted by Crippen LogP contribution is 2.32. The van der Waals surface area contributed by atoms with Gasteiger partial charge in [0.1, 0.15) is 17.4 Å². The maximum atomic E-state index is 13.9. The molecule has 0 amide bonds. The molecular weight excluding hydrogens is 308 g/mol. The molecule has 0 radical (unpaired) electrons. The molecule has 3 nitrogen and oxygen atoms in total. The van der Waals surface area contributed by atoms with Crippen LogP contribution < -0.4 is 5.32 Å². The molecule has 1 heterocycles. The van der Waals surface area contributed by atoms with Crippen molar-refractivity contribution in [1.29, 1.82) is 5.26 Å². The number of rotatable bonds is 1. The lowest BCUT2D eigenvalue weighted by Gasteiger charge is -2.07. The minimum Gasteiger partial charge on any atom is -0.372 e. The van der Waals surface area contributed by atoms with Crippen LogP contribution in [0.15, 0.2) is 16.6 Å². The van der Waals surface area contributed by atoms with E-state index in [0.717, 1.165) is 0 Å². The van der Waals surface area contributed by atoms with E-state index in [4.69, 9.17) is 16.9 Å². The van der Waals surface area contributed by atoms with Gasteiger partial charge in [-0.05, 0) is 28.1 Å². The predicted octanol–water partition coefficient (Wildman–Crippen LogP) is 3.70. The van der Waals surface area contributed by atoms with E-state index < -0.39 is 5.82 Å². The molecule has 2 rings (SSSR count). The summed E-state index contributed by atoms with van der Waals surface area (Å²) >= 11 is 8.90. The lowest BCUT2D eigenvalue weighted by Crippen LogP contribution is -1.98. The number of hydrogen-bond donors (Lipinski definition) is 1. The van der Waals surface area contributed by atoms with E-state index in [2.05, 4.69) is 26.2 Å². The Balaban J connectivity index is 2.89. The molecule has 1 aromatic carbocycles. The van der Waals surface area contributed by atoms with Gasteiger partial charge in [-0.25, -0.2) is 9.37 Å². The van der Waals surface area contributed by atoms with Crippen molar-refractivity contribution in [3.8, 4) is 6.07 Å². The van der Waals surface area contributed by atoms with E-state index in [9.17, 15) is 4.39 Å². The molecule has 86 valence electrons. The van der Waals surface area contributed by atoms with Gasteiger partial charge in [0.15, 0.2) is 5.82 Å². The van der Waals surface area contributed by atoms with Crippen LogP contribution in [0.2, 0.25) is 5.02 Å². The highest BCUT2D eigenvalue weighted by molar-refractivity contribution is 9.10. The second-order valence-electron chi connectivity index (χ2n) is 3.30. The van der Waals surface area contributed by atoms with Crippen LogP contribution in [0.3, 0.4) is 0 Å². The van der Waals surface area contributed by atoms with Crippen molar-refractivity contribution >= 4 is 44.3 Å². The molecule has 0 saturated heterocycles. The Morgan fingerprint density at radius 2 is 2.24 bits per heavy atom. The van der Waals surface area contributed by atoms with Crippen molar-refractivity contribution in [2.24, 2.45) is 0 Å². The summed E-state index contributed by atoms with van der Waals surface area (Å²) in [4.78, 5) is 4.07. The SMILES string of the molecule is CNc1nc2c(F)c(Br)c(Cl)cc2cc1C#N. The fourth-order valence-electron chi connectivity index (χ4n) is 1.50. The van der Waals surface area contributed by atoms with E-state index >= 15 is 0 Å². The molecule has 0 bridgehead atoms. The lowest BCUT2D eigenvalue weighted by atomic mass is 10.1. The van der Waals surface area contributed by atoms with Crippen molar-refractivity contribution in [2.45, 2.75) is 0 Å². The fraction of sp³-hybridized carbons (Fsp3) is 0.0909. The van der Waals surface area contributed by atoms with Crippen LogP contribution in [0.1, 0.15) is 5.56 Å². The summed E-state index contributed by atoms with van der Waals surface area (Å²) in [7, 11) is 1.62. The summed E-state index contributed by atoms with van der Waals surface area (Å²) in [5, 5.41) is 12.4. The molecule has 1 N–H and O–H groups in total. The molecule has 0 fully saturated rings. The molecule has 6 heteroatoms. The Morgan fingerprint density at radius 3 is 2.82 bits per heavy atom. The topological polar surface area (TPSA) is 48.7 Å². The molecule has 17 heavy (non-hydrogen) atoms. The Morgan fingerprint density at radius 1 is 1.53 bits per heavy atom. The smallest absolute Gasteiger partial charge is 0.165 e. The molecule has 2 aromatic rings. The standard InChI is InChI=1S/C11H6BrClFN3/c1-16-11-6(4-15)2-5-3-7(13)8(12)9(14)10(5)17-11/h2-3H,1H3,(H,16,17). The number of pyridine rings is 1. The molecular formula is C11H6BrClFN3.